The first-order valence-corrected chi connectivity index (χ1v) is 5.40. The molecule has 0 aliphatic rings. The summed E-state index contributed by atoms with van der Waals surface area (Å²) in [5.74, 6) is -0.106. The number of hydrogen-bond acceptors (Lipinski definition) is 3. The van der Waals surface area contributed by atoms with E-state index in [1.807, 2.05) is 32.9 Å². The number of nitrogens with zero attached hydrogens (tertiary/aromatic N) is 1. The molecule has 0 saturated heterocycles. The van der Waals surface area contributed by atoms with Crippen LogP contribution < -0.4 is 5.32 Å². The van der Waals surface area contributed by atoms with Crippen molar-refractivity contribution in [1.29, 1.82) is 0 Å². The quantitative estimate of drug-likeness (QED) is 0.824. The molecule has 0 spiro atoms. The van der Waals surface area contributed by atoms with Gasteiger partial charge in [-0.15, -0.1) is 0 Å². The maximum Gasteiger partial charge on any atom is 0.246 e. The predicted molar refractivity (Wildman–Crippen MR) is 61.9 cm³/mol. The largest absolute Gasteiger partial charge is 0.369 e. The fourth-order valence-electron chi connectivity index (χ4n) is 1.24. The Labute approximate surface area is 96.0 Å². The molecule has 88 valence electrons. The standard InChI is InChI=1S/C12H18N2O2/c1-9(2)16-8-12(15)14-10(3)11-5-4-6-13-7-11/h4-7,9-10H,8H2,1-3H3,(H,14,15). The molecule has 1 amide bonds. The molecular weight excluding hydrogens is 204 g/mol. The van der Waals surface area contributed by atoms with E-state index in [4.69, 9.17) is 4.74 Å². The third-order valence-electron chi connectivity index (χ3n) is 2.11. The van der Waals surface area contributed by atoms with Crippen LogP contribution in [0.15, 0.2) is 24.5 Å². The number of nitrogens with one attached hydrogen (secondary N) is 1. The Balaban J connectivity index is 2.40. The minimum Gasteiger partial charge on any atom is -0.369 e. The van der Waals surface area contributed by atoms with Gasteiger partial charge in [0.15, 0.2) is 0 Å². The van der Waals surface area contributed by atoms with Crippen LogP contribution in [-0.2, 0) is 9.53 Å². The molecule has 1 unspecified atom stereocenters. The highest BCUT2D eigenvalue weighted by Crippen LogP contribution is 2.09. The van der Waals surface area contributed by atoms with Crippen LogP contribution in [0.4, 0.5) is 0 Å². The highest BCUT2D eigenvalue weighted by Gasteiger charge is 2.09. The van der Waals surface area contributed by atoms with E-state index in [9.17, 15) is 4.79 Å². The van der Waals surface area contributed by atoms with E-state index in [0.717, 1.165) is 5.56 Å². The van der Waals surface area contributed by atoms with Crippen LogP contribution in [-0.4, -0.2) is 23.6 Å². The van der Waals surface area contributed by atoms with Crippen LogP contribution in [0.2, 0.25) is 0 Å². The first-order chi connectivity index (χ1) is 7.59. The molecule has 1 N–H and O–H groups in total. The van der Waals surface area contributed by atoms with E-state index in [2.05, 4.69) is 10.3 Å². The average molecular weight is 222 g/mol. The molecule has 0 fully saturated rings. The number of carbonyl (C=O) groups excluding carboxylic acids is 1. The Morgan fingerprint density at radius 2 is 2.25 bits per heavy atom. The van der Waals surface area contributed by atoms with Gasteiger partial charge in [0, 0.05) is 12.4 Å². The molecule has 4 heteroatoms. The number of hydrogen-bond donors (Lipinski definition) is 1. The summed E-state index contributed by atoms with van der Waals surface area (Å²) in [6.07, 6.45) is 3.52. The van der Waals surface area contributed by atoms with Crippen LogP contribution in [0.25, 0.3) is 0 Å². The van der Waals surface area contributed by atoms with Crippen molar-refractivity contribution in [3.63, 3.8) is 0 Å². The van der Waals surface area contributed by atoms with Crippen molar-refractivity contribution < 1.29 is 9.53 Å². The van der Waals surface area contributed by atoms with Crippen LogP contribution in [0, 0.1) is 0 Å². The number of ether oxygens (including phenoxy) is 1. The van der Waals surface area contributed by atoms with Crippen LogP contribution in [0.5, 0.6) is 0 Å². The Hall–Kier alpha value is -1.42. The second-order valence-electron chi connectivity index (χ2n) is 3.94. The fourth-order valence-corrected chi connectivity index (χ4v) is 1.24. The molecule has 0 bridgehead atoms. The summed E-state index contributed by atoms with van der Waals surface area (Å²) in [5, 5.41) is 2.85. The smallest absolute Gasteiger partial charge is 0.246 e. The van der Waals surface area contributed by atoms with Gasteiger partial charge in [0.05, 0.1) is 12.1 Å². The van der Waals surface area contributed by atoms with Crippen LogP contribution in [0.3, 0.4) is 0 Å². The van der Waals surface area contributed by atoms with Gasteiger partial charge in [0.1, 0.15) is 6.61 Å². The second kappa shape index (κ2) is 6.23. The van der Waals surface area contributed by atoms with Gasteiger partial charge in [0.25, 0.3) is 0 Å². The Morgan fingerprint density at radius 1 is 1.50 bits per heavy atom. The fraction of sp³-hybridized carbons (Fsp3) is 0.500. The van der Waals surface area contributed by atoms with Crippen molar-refractivity contribution in [3.05, 3.63) is 30.1 Å². The minimum absolute atomic E-state index is 0.0445. The van der Waals surface area contributed by atoms with Crippen molar-refractivity contribution in [3.8, 4) is 0 Å². The Morgan fingerprint density at radius 3 is 2.81 bits per heavy atom. The average Bonchev–Trinajstić information content (AvgIpc) is 2.27. The van der Waals surface area contributed by atoms with E-state index < -0.39 is 0 Å². The maximum atomic E-state index is 11.5. The van der Waals surface area contributed by atoms with E-state index >= 15 is 0 Å². The van der Waals surface area contributed by atoms with Gasteiger partial charge in [-0.1, -0.05) is 6.07 Å². The maximum absolute atomic E-state index is 11.5. The van der Waals surface area contributed by atoms with Gasteiger partial charge >= 0.3 is 0 Å². The van der Waals surface area contributed by atoms with Gasteiger partial charge in [-0.2, -0.15) is 0 Å². The first kappa shape index (κ1) is 12.6. The molecule has 0 radical (unpaired) electrons. The zero-order valence-electron chi connectivity index (χ0n) is 9.93. The minimum atomic E-state index is -0.106. The third kappa shape index (κ3) is 4.40. The molecule has 0 aliphatic heterocycles. The molecule has 1 rings (SSSR count). The monoisotopic (exact) mass is 222 g/mol. The van der Waals surface area contributed by atoms with E-state index in [-0.39, 0.29) is 24.7 Å². The molecule has 4 nitrogen and oxygen atoms in total. The number of aromatic nitrogens is 1. The van der Waals surface area contributed by atoms with Crippen molar-refractivity contribution >= 4 is 5.91 Å². The molecule has 1 atom stereocenters. The molecule has 1 aromatic rings. The van der Waals surface area contributed by atoms with Crippen LogP contribution in [0.1, 0.15) is 32.4 Å². The van der Waals surface area contributed by atoms with Gasteiger partial charge < -0.3 is 10.1 Å². The SMILES string of the molecule is CC(C)OCC(=O)NC(C)c1cccnc1. The molecule has 16 heavy (non-hydrogen) atoms. The van der Waals surface area contributed by atoms with Crippen molar-refractivity contribution in [2.45, 2.75) is 32.9 Å². The predicted octanol–water partition coefficient (Wildman–Crippen LogP) is 1.68. The van der Waals surface area contributed by atoms with Crippen molar-refractivity contribution in [2.75, 3.05) is 6.61 Å². The Bertz CT molecular complexity index is 325. The summed E-state index contributed by atoms with van der Waals surface area (Å²) < 4.78 is 5.21. The summed E-state index contributed by atoms with van der Waals surface area (Å²) in [7, 11) is 0. The van der Waals surface area contributed by atoms with E-state index in [0.29, 0.717) is 0 Å². The van der Waals surface area contributed by atoms with Gasteiger partial charge in [-0.3, -0.25) is 9.78 Å². The van der Waals surface area contributed by atoms with E-state index in [1.165, 1.54) is 0 Å². The lowest BCUT2D eigenvalue weighted by atomic mass is 10.1. The summed E-state index contributed by atoms with van der Waals surface area (Å²) in [6, 6.07) is 3.74. The lowest BCUT2D eigenvalue weighted by molar-refractivity contribution is -0.127. The number of amides is 1. The van der Waals surface area contributed by atoms with Crippen LogP contribution >= 0.6 is 0 Å². The van der Waals surface area contributed by atoms with Crippen molar-refractivity contribution in [1.82, 2.24) is 10.3 Å². The highest BCUT2D eigenvalue weighted by molar-refractivity contribution is 5.77. The van der Waals surface area contributed by atoms with Gasteiger partial charge in [-0.25, -0.2) is 0 Å². The summed E-state index contributed by atoms with van der Waals surface area (Å²) in [4.78, 5) is 15.5. The lowest BCUT2D eigenvalue weighted by Gasteiger charge is -2.14. The molecular formula is C12H18N2O2. The molecule has 0 aliphatic carbocycles. The number of rotatable bonds is 5. The lowest BCUT2D eigenvalue weighted by Crippen LogP contribution is -2.31. The van der Waals surface area contributed by atoms with E-state index in [1.54, 1.807) is 12.4 Å². The molecule has 1 aromatic heterocycles. The van der Waals surface area contributed by atoms with Gasteiger partial charge in [-0.05, 0) is 32.4 Å². The summed E-state index contributed by atoms with van der Waals surface area (Å²) in [6.45, 7) is 5.82. The van der Waals surface area contributed by atoms with Crippen molar-refractivity contribution in [2.24, 2.45) is 0 Å². The topological polar surface area (TPSA) is 51.2 Å². The summed E-state index contributed by atoms with van der Waals surface area (Å²) in [5.41, 5.74) is 0.986. The zero-order chi connectivity index (χ0) is 12.0. The third-order valence-corrected chi connectivity index (χ3v) is 2.11. The molecule has 0 saturated carbocycles. The summed E-state index contributed by atoms with van der Waals surface area (Å²) >= 11 is 0. The second-order valence-corrected chi connectivity index (χ2v) is 3.94. The molecule has 1 heterocycles. The van der Waals surface area contributed by atoms with Gasteiger partial charge in [0.2, 0.25) is 5.91 Å². The zero-order valence-corrected chi connectivity index (χ0v) is 9.93. The molecule has 0 aromatic carbocycles. The highest BCUT2D eigenvalue weighted by atomic mass is 16.5. The normalized spacial score (nSPS) is 12.5. The first-order valence-electron chi connectivity index (χ1n) is 5.40. The number of carbonyl (C=O) groups is 1. The Kier molecular flexibility index (Phi) is 4.92. The number of pyridine rings is 1.